The molecule has 2 aromatic heterocycles. The van der Waals surface area contributed by atoms with Crippen LogP contribution in [0.15, 0.2) is 48.8 Å². The molecule has 124 valence electrons. The molecule has 2 heterocycles. The predicted octanol–water partition coefficient (Wildman–Crippen LogP) is 1.68. The number of pyridine rings is 1. The van der Waals surface area contributed by atoms with Crippen molar-refractivity contribution in [3.05, 3.63) is 53.9 Å². The van der Waals surface area contributed by atoms with E-state index in [0.29, 0.717) is 22.2 Å². The Balaban J connectivity index is 0.00000208. The van der Waals surface area contributed by atoms with Crippen LogP contribution in [-0.4, -0.2) is 31.4 Å². The number of benzene rings is 1. The highest BCUT2D eigenvalue weighted by Gasteiger charge is 2.21. The topological polar surface area (TPSA) is 114 Å². The molecule has 1 aromatic carbocycles. The Kier molecular flexibility index (Phi) is 5.12. The molecule has 0 fully saturated rings. The van der Waals surface area contributed by atoms with Gasteiger partial charge in [-0.25, -0.2) is 4.98 Å². The lowest BCUT2D eigenvalue weighted by atomic mass is 10.2. The molecular weight excluding hydrogens is 334 g/mol. The molecule has 0 aliphatic carbocycles. The van der Waals surface area contributed by atoms with Gasteiger partial charge in [0.2, 0.25) is 12.1 Å². The fourth-order valence-electron chi connectivity index (χ4n) is 2.10. The second-order valence-corrected chi connectivity index (χ2v) is 5.16. The van der Waals surface area contributed by atoms with E-state index in [-0.39, 0.29) is 17.3 Å². The summed E-state index contributed by atoms with van der Waals surface area (Å²) in [5.74, 6) is -0.268. The predicted molar refractivity (Wildman–Crippen MR) is 85.8 cm³/mol. The summed E-state index contributed by atoms with van der Waals surface area (Å²) in [7, 11) is 0. The van der Waals surface area contributed by atoms with Gasteiger partial charge in [0, 0.05) is 6.92 Å². The van der Waals surface area contributed by atoms with Gasteiger partial charge >= 0.3 is 5.88 Å². The summed E-state index contributed by atoms with van der Waals surface area (Å²) < 4.78 is 2.78. The van der Waals surface area contributed by atoms with Crippen molar-refractivity contribution in [1.29, 1.82) is 0 Å². The van der Waals surface area contributed by atoms with Crippen LogP contribution in [-0.2, 0) is 4.79 Å². The van der Waals surface area contributed by atoms with E-state index in [9.17, 15) is 9.90 Å². The molecule has 3 aromatic rings. The average Bonchev–Trinajstić information content (AvgIpc) is 2.90. The maximum absolute atomic E-state index is 11.3. The van der Waals surface area contributed by atoms with E-state index in [2.05, 4.69) is 15.5 Å². The number of hydrogen-bond acceptors (Lipinski definition) is 5. The largest absolute Gasteiger partial charge is 0.870 e. The maximum atomic E-state index is 11.3. The van der Waals surface area contributed by atoms with Gasteiger partial charge in [0.25, 0.3) is 0 Å². The van der Waals surface area contributed by atoms with E-state index < -0.39 is 0 Å². The normalized spacial score (nSPS) is 10.1. The van der Waals surface area contributed by atoms with Crippen LogP contribution in [0.4, 0.5) is 5.69 Å². The fourth-order valence-corrected chi connectivity index (χ4v) is 2.21. The van der Waals surface area contributed by atoms with Crippen LogP contribution < -0.4 is 10.00 Å². The Morgan fingerprint density at radius 2 is 2.04 bits per heavy atom. The SMILES string of the molecule is CC(=O)Nc1ccccc1-[n+]1cc(O)n(-c2ccc(Cl)nc2)n1.[OH-]. The van der Waals surface area contributed by atoms with Crippen LogP contribution in [0.3, 0.4) is 0 Å². The van der Waals surface area contributed by atoms with Crippen LogP contribution in [0.5, 0.6) is 5.88 Å². The molecule has 1 amide bonds. The summed E-state index contributed by atoms with van der Waals surface area (Å²) in [5, 5.41) is 17.5. The van der Waals surface area contributed by atoms with Crippen LogP contribution in [0.2, 0.25) is 5.15 Å². The number of rotatable bonds is 3. The number of aromatic nitrogens is 4. The molecule has 9 heteroatoms. The van der Waals surface area contributed by atoms with Crippen molar-refractivity contribution in [3.63, 3.8) is 0 Å². The van der Waals surface area contributed by atoms with Gasteiger partial charge in [-0.1, -0.05) is 33.1 Å². The Morgan fingerprint density at radius 1 is 1.29 bits per heavy atom. The molecule has 24 heavy (non-hydrogen) atoms. The maximum Gasteiger partial charge on any atom is 0.351 e. The molecular formula is C15H14ClN5O3. The molecule has 3 N–H and O–H groups in total. The minimum Gasteiger partial charge on any atom is -0.870 e. The molecule has 0 spiro atoms. The van der Waals surface area contributed by atoms with E-state index >= 15 is 0 Å². The van der Waals surface area contributed by atoms with E-state index in [4.69, 9.17) is 11.6 Å². The van der Waals surface area contributed by atoms with Crippen molar-refractivity contribution in [2.75, 3.05) is 5.32 Å². The number of hydrogen-bond donors (Lipinski definition) is 2. The first-order valence-corrected chi connectivity index (χ1v) is 7.12. The smallest absolute Gasteiger partial charge is 0.351 e. The highest BCUT2D eigenvalue weighted by Crippen LogP contribution is 2.18. The molecule has 0 aliphatic rings. The van der Waals surface area contributed by atoms with E-state index in [1.54, 1.807) is 30.3 Å². The molecule has 0 saturated heterocycles. The first-order valence-electron chi connectivity index (χ1n) is 6.74. The summed E-state index contributed by atoms with van der Waals surface area (Å²) in [6, 6.07) is 10.4. The average molecular weight is 348 g/mol. The van der Waals surface area contributed by atoms with Crippen LogP contribution in [0.1, 0.15) is 6.92 Å². The third kappa shape index (κ3) is 3.50. The molecule has 0 radical (unpaired) electrons. The van der Waals surface area contributed by atoms with Gasteiger partial charge < -0.3 is 15.9 Å². The molecule has 0 saturated carbocycles. The first kappa shape index (κ1) is 17.4. The fraction of sp³-hybridized carbons (Fsp3) is 0.0667. The Morgan fingerprint density at radius 3 is 2.71 bits per heavy atom. The van der Waals surface area contributed by atoms with E-state index in [1.807, 2.05) is 6.07 Å². The second kappa shape index (κ2) is 7.07. The van der Waals surface area contributed by atoms with Crippen molar-refractivity contribution in [2.24, 2.45) is 0 Å². The Bertz CT molecular complexity index is 864. The molecule has 0 atom stereocenters. The van der Waals surface area contributed by atoms with Crippen molar-refractivity contribution in [1.82, 2.24) is 14.9 Å². The van der Waals surface area contributed by atoms with Crippen molar-refractivity contribution < 1.29 is 20.1 Å². The second-order valence-electron chi connectivity index (χ2n) is 4.77. The third-order valence-corrected chi connectivity index (χ3v) is 3.28. The first-order chi connectivity index (χ1) is 11.0. The van der Waals surface area contributed by atoms with Gasteiger partial charge in [-0.3, -0.25) is 4.79 Å². The number of para-hydroxylation sites is 2. The van der Waals surface area contributed by atoms with E-state index in [1.165, 1.54) is 28.7 Å². The standard InChI is InChI=1S/C15H12ClN5O2.H2O/c1-10(22)18-12-4-2-3-5-13(12)20-9-15(23)21(19-20)11-6-7-14(16)17-8-11;/h2-9H,1H3,(H-,18,19,22,23);1H2. The van der Waals surface area contributed by atoms with Gasteiger partial charge in [-0.15, -0.1) is 0 Å². The van der Waals surface area contributed by atoms with Gasteiger partial charge in [0.1, 0.15) is 10.4 Å². The van der Waals surface area contributed by atoms with Crippen LogP contribution >= 0.6 is 11.6 Å². The lowest BCUT2D eigenvalue weighted by Crippen LogP contribution is -2.34. The highest BCUT2D eigenvalue weighted by molar-refractivity contribution is 6.29. The van der Waals surface area contributed by atoms with Gasteiger partial charge in [-0.05, 0) is 24.3 Å². The van der Waals surface area contributed by atoms with Crippen molar-refractivity contribution in [3.8, 4) is 17.3 Å². The number of aromatic hydroxyl groups is 1. The monoisotopic (exact) mass is 347 g/mol. The lowest BCUT2D eigenvalue weighted by molar-refractivity contribution is -0.660. The number of amides is 1. The number of anilines is 1. The summed E-state index contributed by atoms with van der Waals surface area (Å²) in [6.07, 6.45) is 2.94. The molecule has 8 nitrogen and oxygen atoms in total. The molecule has 0 aliphatic heterocycles. The summed E-state index contributed by atoms with van der Waals surface area (Å²) in [5.41, 5.74) is 1.77. The van der Waals surface area contributed by atoms with E-state index in [0.717, 1.165) is 0 Å². The zero-order valence-corrected chi connectivity index (χ0v) is 13.3. The lowest BCUT2D eigenvalue weighted by Gasteiger charge is -2.04. The molecule has 0 bridgehead atoms. The van der Waals surface area contributed by atoms with Crippen LogP contribution in [0, 0.1) is 0 Å². The zero-order chi connectivity index (χ0) is 16.4. The van der Waals surface area contributed by atoms with Gasteiger partial charge in [0.05, 0.1) is 11.9 Å². The minimum atomic E-state index is -0.191. The number of nitrogens with zero attached hydrogens (tertiary/aromatic N) is 4. The number of halogens is 1. The zero-order valence-electron chi connectivity index (χ0n) is 12.6. The van der Waals surface area contributed by atoms with Crippen molar-refractivity contribution >= 4 is 23.2 Å². The van der Waals surface area contributed by atoms with Gasteiger partial charge in [-0.2, -0.15) is 0 Å². The van der Waals surface area contributed by atoms with Crippen molar-refractivity contribution in [2.45, 2.75) is 6.92 Å². The summed E-state index contributed by atoms with van der Waals surface area (Å²) in [6.45, 7) is 1.43. The van der Waals surface area contributed by atoms with Crippen LogP contribution in [0.25, 0.3) is 11.4 Å². The number of carbonyl (C=O) groups excluding carboxylic acids is 1. The minimum absolute atomic E-state index is 0. The summed E-state index contributed by atoms with van der Waals surface area (Å²) >= 11 is 5.76. The van der Waals surface area contributed by atoms with Gasteiger partial charge in [0.15, 0.2) is 11.4 Å². The number of nitrogens with one attached hydrogen (secondary N) is 1. The summed E-state index contributed by atoms with van der Waals surface area (Å²) in [4.78, 5) is 15.3. The third-order valence-electron chi connectivity index (χ3n) is 3.06. The molecule has 0 unspecified atom stereocenters. The molecule has 3 rings (SSSR count). The Hall–Kier alpha value is -2.97. The number of carbonyl (C=O) groups is 1. The highest BCUT2D eigenvalue weighted by atomic mass is 35.5. The Labute approximate surface area is 142 Å². The quantitative estimate of drug-likeness (QED) is 0.552.